The van der Waals surface area contributed by atoms with E-state index >= 15 is 0 Å². The molecule has 0 aliphatic carbocycles. The molecule has 1 heterocycles. The Morgan fingerprint density at radius 3 is 2.84 bits per heavy atom. The summed E-state index contributed by atoms with van der Waals surface area (Å²) in [7, 11) is 0. The Balaban J connectivity index is 2.19. The van der Waals surface area contributed by atoms with Crippen LogP contribution in [0.15, 0.2) is 41.5 Å². The van der Waals surface area contributed by atoms with Crippen LogP contribution in [0.4, 0.5) is 0 Å². The van der Waals surface area contributed by atoms with Crippen molar-refractivity contribution in [2.24, 2.45) is 5.10 Å². The van der Waals surface area contributed by atoms with Gasteiger partial charge in [-0.25, -0.2) is 4.98 Å². The number of aromatic nitrogens is 1. The summed E-state index contributed by atoms with van der Waals surface area (Å²) in [6, 6.07) is 12.0. The number of hydrazone groups is 1. The molecule has 0 saturated heterocycles. The molecule has 0 fully saturated rings. The van der Waals surface area contributed by atoms with Crippen molar-refractivity contribution < 1.29 is 0 Å². The quantitative estimate of drug-likeness (QED) is 0.512. The summed E-state index contributed by atoms with van der Waals surface area (Å²) in [5.41, 5.74) is 5.40. The van der Waals surface area contributed by atoms with Crippen molar-refractivity contribution in [1.29, 1.82) is 0 Å². The summed E-state index contributed by atoms with van der Waals surface area (Å²) in [4.78, 5) is 4.56. The molecule has 0 aliphatic heterocycles. The van der Waals surface area contributed by atoms with Gasteiger partial charge in [0.1, 0.15) is 0 Å². The first-order valence-corrected chi connectivity index (χ1v) is 6.56. The standard InChI is InChI=1S/C14H16N4S/c1-3-15-14(19)18-17-10(2)12-9-8-11-6-4-5-7-13(11)16-12/h4-9H,3H2,1-2H3,(H2,15,18,19)/b17-10+. The number of thiocarbonyl (C=S) groups is 1. The zero-order valence-corrected chi connectivity index (χ0v) is 11.8. The van der Waals surface area contributed by atoms with E-state index in [-0.39, 0.29) is 0 Å². The topological polar surface area (TPSA) is 49.3 Å². The van der Waals surface area contributed by atoms with Crippen LogP contribution in [-0.2, 0) is 0 Å². The molecular weight excluding hydrogens is 256 g/mol. The molecule has 2 N–H and O–H groups in total. The van der Waals surface area contributed by atoms with Crippen molar-refractivity contribution >= 4 is 33.9 Å². The molecule has 0 aliphatic rings. The maximum atomic E-state index is 5.05. The van der Waals surface area contributed by atoms with Gasteiger partial charge in [-0.1, -0.05) is 24.3 Å². The molecule has 0 saturated carbocycles. The lowest BCUT2D eigenvalue weighted by atomic mass is 10.2. The van der Waals surface area contributed by atoms with E-state index in [2.05, 4.69) is 20.8 Å². The van der Waals surface area contributed by atoms with Gasteiger partial charge in [0.2, 0.25) is 0 Å². The lowest BCUT2D eigenvalue weighted by Crippen LogP contribution is -2.32. The molecule has 1 aromatic heterocycles. The Morgan fingerprint density at radius 1 is 1.26 bits per heavy atom. The van der Waals surface area contributed by atoms with Crippen LogP contribution < -0.4 is 10.7 Å². The molecule has 5 heteroatoms. The van der Waals surface area contributed by atoms with Crippen LogP contribution in [0.2, 0.25) is 0 Å². The van der Waals surface area contributed by atoms with Crippen LogP contribution in [0, 0.1) is 0 Å². The Bertz CT molecular complexity index is 622. The van der Waals surface area contributed by atoms with Crippen molar-refractivity contribution in [1.82, 2.24) is 15.7 Å². The van der Waals surface area contributed by atoms with Crippen molar-refractivity contribution in [2.45, 2.75) is 13.8 Å². The number of benzene rings is 1. The van der Waals surface area contributed by atoms with E-state index in [0.29, 0.717) is 5.11 Å². The molecule has 4 nitrogen and oxygen atoms in total. The van der Waals surface area contributed by atoms with Gasteiger partial charge >= 0.3 is 0 Å². The maximum Gasteiger partial charge on any atom is 0.186 e. The predicted octanol–water partition coefficient (Wildman–Crippen LogP) is 2.44. The second kappa shape index (κ2) is 6.24. The van der Waals surface area contributed by atoms with Crippen LogP contribution in [0.25, 0.3) is 10.9 Å². The third kappa shape index (κ3) is 3.48. The zero-order valence-electron chi connectivity index (χ0n) is 11.0. The van der Waals surface area contributed by atoms with Crippen LogP contribution in [-0.4, -0.2) is 22.4 Å². The fraction of sp³-hybridized carbons (Fsp3) is 0.214. The summed E-state index contributed by atoms with van der Waals surface area (Å²) in [6.07, 6.45) is 0. The summed E-state index contributed by atoms with van der Waals surface area (Å²) in [5, 5.41) is 8.83. The van der Waals surface area contributed by atoms with E-state index in [1.54, 1.807) is 0 Å². The molecule has 0 atom stereocenters. The number of pyridine rings is 1. The first kappa shape index (κ1) is 13.4. The normalized spacial score (nSPS) is 11.4. The molecule has 2 aromatic rings. The highest BCUT2D eigenvalue weighted by molar-refractivity contribution is 7.80. The number of nitrogens with zero attached hydrogens (tertiary/aromatic N) is 2. The lowest BCUT2D eigenvalue weighted by molar-refractivity contribution is 0.900. The minimum atomic E-state index is 0.516. The van der Waals surface area contributed by atoms with Crippen molar-refractivity contribution in [2.75, 3.05) is 6.54 Å². The van der Waals surface area contributed by atoms with Gasteiger partial charge in [0.05, 0.1) is 16.9 Å². The molecule has 0 bridgehead atoms. The lowest BCUT2D eigenvalue weighted by Gasteiger charge is -2.06. The molecule has 1 aromatic carbocycles. The molecule has 19 heavy (non-hydrogen) atoms. The Kier molecular flexibility index (Phi) is 4.41. The van der Waals surface area contributed by atoms with E-state index in [4.69, 9.17) is 12.2 Å². The van der Waals surface area contributed by atoms with Gasteiger partial charge in [0.25, 0.3) is 0 Å². The van der Waals surface area contributed by atoms with Crippen molar-refractivity contribution in [3.63, 3.8) is 0 Å². The second-order valence-corrected chi connectivity index (χ2v) is 4.47. The Hall–Kier alpha value is -2.01. The van der Waals surface area contributed by atoms with Crippen LogP contribution in [0.1, 0.15) is 19.5 Å². The highest BCUT2D eigenvalue weighted by Gasteiger charge is 2.01. The fourth-order valence-electron chi connectivity index (χ4n) is 1.66. The maximum absolute atomic E-state index is 5.05. The smallest absolute Gasteiger partial charge is 0.186 e. The number of para-hydroxylation sites is 1. The number of hydrogen-bond acceptors (Lipinski definition) is 3. The number of rotatable bonds is 3. The van der Waals surface area contributed by atoms with E-state index < -0.39 is 0 Å². The summed E-state index contributed by atoms with van der Waals surface area (Å²) >= 11 is 5.05. The van der Waals surface area contributed by atoms with E-state index in [9.17, 15) is 0 Å². The van der Waals surface area contributed by atoms with Crippen LogP contribution in [0.3, 0.4) is 0 Å². The second-order valence-electron chi connectivity index (χ2n) is 4.06. The molecule has 0 spiro atoms. The zero-order chi connectivity index (χ0) is 13.7. The fourth-order valence-corrected chi connectivity index (χ4v) is 1.85. The summed E-state index contributed by atoms with van der Waals surface area (Å²) < 4.78 is 0. The number of hydrogen-bond donors (Lipinski definition) is 2. The highest BCUT2D eigenvalue weighted by atomic mass is 32.1. The minimum absolute atomic E-state index is 0.516. The van der Waals surface area contributed by atoms with E-state index in [1.807, 2.05) is 50.2 Å². The predicted molar refractivity (Wildman–Crippen MR) is 83.4 cm³/mol. The average Bonchev–Trinajstić information content (AvgIpc) is 2.44. The molecule has 0 unspecified atom stereocenters. The van der Waals surface area contributed by atoms with Crippen molar-refractivity contribution in [3.05, 3.63) is 42.1 Å². The van der Waals surface area contributed by atoms with Crippen LogP contribution in [0.5, 0.6) is 0 Å². The summed E-state index contributed by atoms with van der Waals surface area (Å²) in [6.45, 7) is 4.66. The van der Waals surface area contributed by atoms with Gasteiger partial charge in [0, 0.05) is 11.9 Å². The number of fused-ring (bicyclic) bond motifs is 1. The SMILES string of the molecule is CCNC(=S)N/N=C(\C)c1ccc2ccccc2n1. The first-order valence-electron chi connectivity index (χ1n) is 6.15. The van der Waals surface area contributed by atoms with Gasteiger partial charge < -0.3 is 5.32 Å². The third-order valence-corrected chi connectivity index (χ3v) is 2.87. The Morgan fingerprint density at radius 2 is 2.05 bits per heavy atom. The van der Waals surface area contributed by atoms with Gasteiger partial charge in [-0.05, 0) is 38.2 Å². The van der Waals surface area contributed by atoms with Gasteiger partial charge in [-0.15, -0.1) is 0 Å². The first-order chi connectivity index (χ1) is 9.20. The van der Waals surface area contributed by atoms with E-state index in [1.165, 1.54) is 0 Å². The van der Waals surface area contributed by atoms with Gasteiger partial charge in [0.15, 0.2) is 5.11 Å². The van der Waals surface area contributed by atoms with Gasteiger partial charge in [-0.2, -0.15) is 5.10 Å². The molecular formula is C14H16N4S. The highest BCUT2D eigenvalue weighted by Crippen LogP contribution is 2.12. The van der Waals surface area contributed by atoms with Gasteiger partial charge in [-0.3, -0.25) is 5.43 Å². The average molecular weight is 272 g/mol. The molecule has 0 amide bonds. The molecule has 2 rings (SSSR count). The van der Waals surface area contributed by atoms with Crippen molar-refractivity contribution in [3.8, 4) is 0 Å². The molecule has 0 radical (unpaired) electrons. The van der Waals surface area contributed by atoms with E-state index in [0.717, 1.165) is 28.9 Å². The summed E-state index contributed by atoms with van der Waals surface area (Å²) in [5.74, 6) is 0. The Labute approximate surface area is 117 Å². The third-order valence-electron chi connectivity index (χ3n) is 2.63. The largest absolute Gasteiger partial charge is 0.362 e. The minimum Gasteiger partial charge on any atom is -0.362 e. The number of nitrogens with one attached hydrogen (secondary N) is 2. The monoisotopic (exact) mass is 272 g/mol. The van der Waals surface area contributed by atoms with Crippen LogP contribution >= 0.6 is 12.2 Å². The molecule has 98 valence electrons.